The van der Waals surface area contributed by atoms with Crippen molar-refractivity contribution in [1.29, 1.82) is 0 Å². The highest BCUT2D eigenvalue weighted by molar-refractivity contribution is 5.99. The number of nitrogens with zero attached hydrogens (tertiary/aromatic N) is 1. The largest absolute Gasteiger partial charge is 0.508 e. The number of carboxylic acids is 4. The average Bonchev–Trinajstić information content (AvgIpc) is 1.81. The van der Waals surface area contributed by atoms with Gasteiger partial charge in [0.1, 0.15) is 83.4 Å². The Morgan fingerprint density at radius 1 is 0.417 bits per heavy atom. The summed E-state index contributed by atoms with van der Waals surface area (Å²) in [7, 11) is 0. The summed E-state index contributed by atoms with van der Waals surface area (Å²) in [6.07, 6.45) is -7.82. The first-order valence-electron chi connectivity index (χ1n) is 38.3. The Hall–Kier alpha value is -13.2. The van der Waals surface area contributed by atoms with Crippen LogP contribution in [0.5, 0.6) is 11.5 Å². The molecule has 120 heavy (non-hydrogen) atoms. The van der Waals surface area contributed by atoms with E-state index in [9.17, 15) is 122 Å². The summed E-state index contributed by atoms with van der Waals surface area (Å²) in [6.45, 7) is 5.63. The Morgan fingerprint density at radius 3 is 1.18 bits per heavy atom. The number of nitrogens with one attached hydrogen (secondary N) is 12. The van der Waals surface area contributed by atoms with Gasteiger partial charge in [0, 0.05) is 57.9 Å². The minimum atomic E-state index is -2.51. The lowest BCUT2D eigenvalue weighted by atomic mass is 10.0. The third-order valence-corrected chi connectivity index (χ3v) is 18.8. The first-order chi connectivity index (χ1) is 56.4. The second-order valence-corrected chi connectivity index (χ2v) is 29.7. The van der Waals surface area contributed by atoms with Crippen molar-refractivity contribution in [2.45, 2.75) is 215 Å². The maximum Gasteiger partial charge on any atom is 0.303 e. The molecule has 1 aliphatic heterocycles. The van der Waals surface area contributed by atoms with Crippen molar-refractivity contribution in [3.63, 3.8) is 0 Å². The number of carboxylic acid groups (broad SMARTS) is 4. The molecule has 5 rings (SSSR count). The molecule has 4 aromatic rings. The summed E-state index contributed by atoms with van der Waals surface area (Å²) in [6, 6.07) is 9.14. The molecule has 0 aliphatic carbocycles. The molecule has 0 radical (unpaired) electrons. The van der Waals surface area contributed by atoms with Crippen LogP contribution in [-0.4, -0.2) is 243 Å². The lowest BCUT2D eigenvalue weighted by Gasteiger charge is -2.31. The van der Waals surface area contributed by atoms with Crippen LogP contribution in [0.3, 0.4) is 0 Å². The molecule has 1 aliphatic rings. The van der Waals surface area contributed by atoms with E-state index in [-0.39, 0.29) is 49.3 Å². The van der Waals surface area contributed by atoms with Crippen molar-refractivity contribution in [1.82, 2.24) is 68.7 Å². The summed E-state index contributed by atoms with van der Waals surface area (Å²) >= 11 is 0. The SMILES string of the molecule is CC(C)[C@H](NC(=O)[C@H](CCC(=O)O)NC(=O)[C@@H](N)CCC(=O)O)C(=O)N[C@](C)(O)CC(=O)N[C@](C)(O)CC(=O)N[C@@H](Cc1ccccc1)C(=O)N[C@@H](Cc1ccccc1)C(=O)N[C@@H](CCC(=O)O)C(=O)N[C@@H](Cc1ccc(O)cc1)C(=O)N[C@@H](CCC(=O)O)C(=O)N[C@@H](Cc1ccc(O)cc1)C(=O)NCC(=O)N[C@@H](C)C(=O)N1CCC[C@H]1C(N)=O. The van der Waals surface area contributed by atoms with Gasteiger partial charge in [0.05, 0.1) is 25.4 Å². The molecular formula is C79H105N15O26. The number of hydrogen-bond donors (Lipinski definition) is 22. The highest BCUT2D eigenvalue weighted by atomic mass is 16.4. The number of rotatable bonds is 49. The maximum absolute atomic E-state index is 14.9. The molecule has 4 aromatic carbocycles. The van der Waals surface area contributed by atoms with Crippen molar-refractivity contribution in [2.24, 2.45) is 17.4 Å². The van der Waals surface area contributed by atoms with Gasteiger partial charge >= 0.3 is 23.9 Å². The number of carbonyl (C=O) groups is 18. The highest BCUT2D eigenvalue weighted by Crippen LogP contribution is 2.21. The molecular weight excluding hydrogens is 1570 g/mol. The summed E-state index contributed by atoms with van der Waals surface area (Å²) < 4.78 is 0. The van der Waals surface area contributed by atoms with Gasteiger partial charge in [-0.05, 0) is 112 Å². The van der Waals surface area contributed by atoms with Gasteiger partial charge in [-0.25, -0.2) is 0 Å². The van der Waals surface area contributed by atoms with E-state index in [1.807, 2.05) is 0 Å². The normalized spacial score (nSPS) is 15.8. The van der Waals surface area contributed by atoms with Crippen molar-refractivity contribution in [3.05, 3.63) is 131 Å². The summed E-state index contributed by atoms with van der Waals surface area (Å²) in [4.78, 5) is 242. The van der Waals surface area contributed by atoms with Crippen LogP contribution in [0.2, 0.25) is 0 Å². The van der Waals surface area contributed by atoms with E-state index in [1.54, 1.807) is 60.7 Å². The van der Waals surface area contributed by atoms with Crippen molar-refractivity contribution < 1.29 is 127 Å². The summed E-state index contributed by atoms with van der Waals surface area (Å²) in [5.41, 5.74) is 7.64. The van der Waals surface area contributed by atoms with Gasteiger partial charge in [-0.1, -0.05) is 98.8 Å². The highest BCUT2D eigenvalue weighted by Gasteiger charge is 2.40. The predicted octanol–water partition coefficient (Wildman–Crippen LogP) is -3.78. The Morgan fingerprint density at radius 2 is 0.767 bits per heavy atom. The fraction of sp³-hybridized carbons (Fsp3) is 0.468. The van der Waals surface area contributed by atoms with Gasteiger partial charge in [-0.15, -0.1) is 0 Å². The summed E-state index contributed by atoms with van der Waals surface area (Å²) in [5.74, 6) is -21.4. The zero-order valence-corrected chi connectivity index (χ0v) is 66.6. The molecule has 0 saturated carbocycles. The minimum Gasteiger partial charge on any atom is -0.508 e. The molecule has 41 nitrogen and oxygen atoms in total. The maximum atomic E-state index is 14.9. The molecule has 14 amide bonds. The third-order valence-electron chi connectivity index (χ3n) is 18.8. The first kappa shape index (κ1) is 97.4. The predicted molar refractivity (Wildman–Crippen MR) is 421 cm³/mol. The zero-order chi connectivity index (χ0) is 89.3. The molecule has 41 heteroatoms. The van der Waals surface area contributed by atoms with Gasteiger partial charge in [-0.2, -0.15) is 0 Å². The number of benzene rings is 4. The van der Waals surface area contributed by atoms with E-state index in [1.165, 1.54) is 74.2 Å². The second-order valence-electron chi connectivity index (χ2n) is 29.7. The van der Waals surface area contributed by atoms with E-state index in [0.717, 1.165) is 13.8 Å². The van der Waals surface area contributed by atoms with E-state index in [4.69, 9.17) is 16.6 Å². The minimum absolute atomic E-state index is 0.180. The van der Waals surface area contributed by atoms with Crippen molar-refractivity contribution in [2.75, 3.05) is 13.1 Å². The van der Waals surface area contributed by atoms with Gasteiger partial charge in [-0.3, -0.25) is 86.3 Å². The topological polar surface area (TPSA) is 669 Å². The van der Waals surface area contributed by atoms with Crippen LogP contribution < -0.4 is 75.3 Å². The zero-order valence-electron chi connectivity index (χ0n) is 66.6. The van der Waals surface area contributed by atoms with Crippen LogP contribution in [0.15, 0.2) is 109 Å². The van der Waals surface area contributed by atoms with Crippen LogP contribution in [0.4, 0.5) is 0 Å². The quantitative estimate of drug-likeness (QED) is 0.0189. The molecule has 13 atom stereocenters. The van der Waals surface area contributed by atoms with Gasteiger partial charge in [0.15, 0.2) is 0 Å². The fourth-order valence-corrected chi connectivity index (χ4v) is 12.6. The monoisotopic (exact) mass is 1680 g/mol. The van der Waals surface area contributed by atoms with E-state index < -0.39 is 261 Å². The fourth-order valence-electron chi connectivity index (χ4n) is 12.6. The number of nitrogens with two attached hydrogens (primary N) is 2. The molecule has 0 spiro atoms. The van der Waals surface area contributed by atoms with Crippen LogP contribution in [0.25, 0.3) is 0 Å². The van der Waals surface area contributed by atoms with Gasteiger partial charge in [0.2, 0.25) is 82.7 Å². The number of amides is 14. The summed E-state index contributed by atoms with van der Waals surface area (Å²) in [5, 5.41) is 110. The number of likely N-dealkylation sites (tertiary alicyclic amines) is 1. The van der Waals surface area contributed by atoms with Crippen LogP contribution in [0.1, 0.15) is 134 Å². The lowest BCUT2D eigenvalue weighted by Crippen LogP contribution is -2.61. The van der Waals surface area contributed by atoms with Crippen LogP contribution in [-0.2, 0) is 112 Å². The molecule has 24 N–H and O–H groups in total. The lowest BCUT2D eigenvalue weighted by molar-refractivity contribution is -0.143. The molecule has 652 valence electrons. The Bertz CT molecular complexity index is 4310. The smallest absolute Gasteiger partial charge is 0.303 e. The van der Waals surface area contributed by atoms with Crippen molar-refractivity contribution in [3.8, 4) is 11.5 Å². The molecule has 0 unspecified atom stereocenters. The molecule has 1 heterocycles. The number of aliphatic carboxylic acids is 4. The van der Waals surface area contributed by atoms with Crippen LogP contribution >= 0.6 is 0 Å². The van der Waals surface area contributed by atoms with E-state index in [2.05, 4.69) is 63.8 Å². The van der Waals surface area contributed by atoms with E-state index >= 15 is 0 Å². The number of phenols is 2. The Labute approximate surface area is 688 Å². The second kappa shape index (κ2) is 46.7. The van der Waals surface area contributed by atoms with Crippen LogP contribution in [0, 0.1) is 5.92 Å². The number of hydrogen-bond acceptors (Lipinski definition) is 23. The Balaban J connectivity index is 1.37. The molecule has 0 aromatic heterocycles. The number of phenolic OH excluding ortho intramolecular Hbond substituents is 2. The first-order valence-corrected chi connectivity index (χ1v) is 38.3. The van der Waals surface area contributed by atoms with Crippen molar-refractivity contribution >= 4 is 107 Å². The van der Waals surface area contributed by atoms with Gasteiger partial charge < -0.3 is 121 Å². The number of aromatic hydroxyl groups is 2. The number of primary amides is 1. The van der Waals surface area contributed by atoms with E-state index in [0.29, 0.717) is 29.5 Å². The molecule has 1 saturated heterocycles. The number of aliphatic hydroxyl groups is 2. The average molecular weight is 1680 g/mol. The molecule has 1 fully saturated rings. The standard InChI is InChI=1S/C79H105N15O26/c1-42(2)66(91-72(113)53(29-33-65(106)107)85-68(109)50(80)26-30-62(100)101)76(117)93-79(5,120)40-60(98)92-78(4,119)39-59(97)84-55(35-44-13-8-6-9-14-44)73(114)90-56(36-45-15-10-7-11-16-45)74(115)87-52(28-32-64(104)105)71(112)89-57(38-47-20-24-49(96)25-21-47)75(116)86-51(27-31-63(102)103)70(111)88-54(37-46-18-22-48(95)23-19-46)69(110)82-41-61(99)83-43(3)77(118)94-34-12-17-58(94)67(81)108/h6-11,13-16,18-25,42-43,50-58,66,95-96,119-120H,12,17,26-41,80H2,1-5H3,(H2,81,108)(H,82,110)(H,83,99)(H,84,97)(H,85,109)(H,86,116)(H,87,115)(H,88,111)(H,89,112)(H,90,114)(H,91,113)(H,92,98)(H,93,117)(H,100,101)(H,102,103)(H,104,105)(H,106,107)/t43-,50-,51-,52-,53-,54-,55-,56-,57-,58-,66-,78+,79+/m0/s1. The third kappa shape index (κ3) is 34.2. The molecule has 0 bridgehead atoms. The Kier molecular flexibility index (Phi) is 37.9. The number of carbonyl (C=O) groups excluding carboxylic acids is 14. The van der Waals surface area contributed by atoms with Gasteiger partial charge in [0.25, 0.3) is 0 Å².